The fourth-order valence-electron chi connectivity index (χ4n) is 1.21. The van der Waals surface area contributed by atoms with E-state index in [1.165, 1.54) is 18.2 Å². The van der Waals surface area contributed by atoms with E-state index in [2.05, 4.69) is 17.2 Å². The Morgan fingerprint density at radius 3 is 2.94 bits per heavy atom. The number of aliphatic hydroxyl groups is 1. The van der Waals surface area contributed by atoms with E-state index in [9.17, 15) is 9.18 Å². The second-order valence-electron chi connectivity index (χ2n) is 3.01. The molecule has 0 aliphatic rings. The first-order chi connectivity index (χ1) is 7.69. The zero-order valence-corrected chi connectivity index (χ0v) is 8.88. The van der Waals surface area contributed by atoms with Crippen LogP contribution in [-0.2, 0) is 0 Å². The minimum atomic E-state index is -0.463. The van der Waals surface area contributed by atoms with Crippen LogP contribution in [0.25, 0.3) is 0 Å². The number of hydrogen-bond donors (Lipinski definition) is 2. The summed E-state index contributed by atoms with van der Waals surface area (Å²) in [5, 5.41) is 11.2. The van der Waals surface area contributed by atoms with Crippen LogP contribution in [0.2, 0.25) is 0 Å². The molecule has 0 saturated carbocycles. The van der Waals surface area contributed by atoms with Crippen LogP contribution in [0.4, 0.5) is 4.39 Å². The number of carbonyl (C=O) groups is 1. The average Bonchev–Trinajstić information content (AvgIpc) is 2.26. The zero-order valence-electron chi connectivity index (χ0n) is 8.88. The molecule has 2 N–H and O–H groups in total. The first-order valence-corrected chi connectivity index (χ1v) is 4.86. The molecule has 0 saturated heterocycles. The molecule has 0 atom stereocenters. The minimum Gasteiger partial charge on any atom is -0.384 e. The van der Waals surface area contributed by atoms with Gasteiger partial charge in [-0.15, -0.1) is 0 Å². The van der Waals surface area contributed by atoms with Crippen LogP contribution in [0, 0.1) is 17.7 Å². The molecule has 1 amide bonds. The van der Waals surface area contributed by atoms with E-state index >= 15 is 0 Å². The van der Waals surface area contributed by atoms with Gasteiger partial charge in [0.2, 0.25) is 0 Å². The zero-order chi connectivity index (χ0) is 12.0. The molecule has 1 aromatic carbocycles. The van der Waals surface area contributed by atoms with Gasteiger partial charge in [-0.25, -0.2) is 4.39 Å². The SMILES string of the molecule is CCNC(=O)c1ccc(F)cc1C#CCO. The predicted octanol–water partition coefficient (Wildman–Crippen LogP) is 0.919. The minimum absolute atomic E-state index is 0.278. The Morgan fingerprint density at radius 1 is 1.56 bits per heavy atom. The molecule has 16 heavy (non-hydrogen) atoms. The molecule has 0 fully saturated rings. The standard InChI is InChI=1S/C12H12FNO2/c1-2-14-12(16)11-6-5-10(13)8-9(11)4-3-7-15/h5-6,8,15H,2,7H2,1H3,(H,14,16). The highest BCUT2D eigenvalue weighted by Gasteiger charge is 2.09. The lowest BCUT2D eigenvalue weighted by molar-refractivity contribution is 0.0955. The molecule has 0 aliphatic carbocycles. The summed E-state index contributed by atoms with van der Waals surface area (Å²) in [6.07, 6.45) is 0. The van der Waals surface area contributed by atoms with Crippen LogP contribution in [0.15, 0.2) is 18.2 Å². The van der Waals surface area contributed by atoms with E-state index in [1.807, 2.05) is 0 Å². The molecule has 0 unspecified atom stereocenters. The highest BCUT2D eigenvalue weighted by atomic mass is 19.1. The topological polar surface area (TPSA) is 49.3 Å². The highest BCUT2D eigenvalue weighted by Crippen LogP contribution is 2.10. The number of aliphatic hydroxyl groups excluding tert-OH is 1. The number of nitrogens with one attached hydrogen (secondary N) is 1. The maximum atomic E-state index is 13.0. The molecule has 0 spiro atoms. The molecule has 4 heteroatoms. The first kappa shape index (κ1) is 12.2. The van der Waals surface area contributed by atoms with Crippen molar-refractivity contribution in [2.45, 2.75) is 6.92 Å². The molecular formula is C12H12FNO2. The highest BCUT2D eigenvalue weighted by molar-refractivity contribution is 5.96. The van der Waals surface area contributed by atoms with Crippen molar-refractivity contribution in [2.75, 3.05) is 13.2 Å². The third kappa shape index (κ3) is 3.07. The van der Waals surface area contributed by atoms with Gasteiger partial charge in [0, 0.05) is 12.1 Å². The number of benzene rings is 1. The average molecular weight is 221 g/mol. The molecule has 1 rings (SSSR count). The van der Waals surface area contributed by atoms with E-state index in [-0.39, 0.29) is 18.1 Å². The third-order valence-corrected chi connectivity index (χ3v) is 1.87. The molecule has 0 radical (unpaired) electrons. The number of amides is 1. The summed E-state index contributed by atoms with van der Waals surface area (Å²) in [4.78, 5) is 11.6. The fourth-order valence-corrected chi connectivity index (χ4v) is 1.21. The summed E-state index contributed by atoms with van der Waals surface area (Å²) < 4.78 is 13.0. The van der Waals surface area contributed by atoms with Gasteiger partial charge in [-0.2, -0.15) is 0 Å². The Hall–Kier alpha value is -1.86. The third-order valence-electron chi connectivity index (χ3n) is 1.87. The van der Waals surface area contributed by atoms with E-state index in [0.29, 0.717) is 12.1 Å². The Kier molecular flexibility index (Phi) is 4.49. The van der Waals surface area contributed by atoms with Crippen molar-refractivity contribution >= 4 is 5.91 Å². The second kappa shape index (κ2) is 5.89. The van der Waals surface area contributed by atoms with E-state index < -0.39 is 5.82 Å². The van der Waals surface area contributed by atoms with Gasteiger partial charge in [0.15, 0.2) is 0 Å². The summed E-state index contributed by atoms with van der Waals surface area (Å²) in [5.74, 6) is 4.17. The van der Waals surface area contributed by atoms with Gasteiger partial charge in [0.05, 0.1) is 5.56 Å². The summed E-state index contributed by atoms with van der Waals surface area (Å²) in [6.45, 7) is 1.95. The lowest BCUT2D eigenvalue weighted by atomic mass is 10.1. The van der Waals surface area contributed by atoms with Crippen LogP contribution >= 0.6 is 0 Å². The van der Waals surface area contributed by atoms with E-state index in [0.717, 1.165) is 0 Å². The summed E-state index contributed by atoms with van der Waals surface area (Å²) in [6, 6.07) is 3.75. The monoisotopic (exact) mass is 221 g/mol. The van der Waals surface area contributed by atoms with Crippen molar-refractivity contribution in [1.29, 1.82) is 0 Å². The van der Waals surface area contributed by atoms with E-state index in [1.54, 1.807) is 6.92 Å². The van der Waals surface area contributed by atoms with Crippen molar-refractivity contribution in [3.05, 3.63) is 35.1 Å². The Balaban J connectivity index is 3.12. The van der Waals surface area contributed by atoms with Crippen molar-refractivity contribution in [3.8, 4) is 11.8 Å². The molecular weight excluding hydrogens is 209 g/mol. The lowest BCUT2D eigenvalue weighted by Gasteiger charge is -2.04. The number of carbonyl (C=O) groups excluding carboxylic acids is 1. The summed E-state index contributed by atoms with van der Waals surface area (Å²) >= 11 is 0. The largest absolute Gasteiger partial charge is 0.384 e. The fraction of sp³-hybridized carbons (Fsp3) is 0.250. The Labute approximate surface area is 93.3 Å². The summed E-state index contributed by atoms with van der Waals surface area (Å²) in [5.41, 5.74) is 0.587. The van der Waals surface area contributed by atoms with Crippen LogP contribution in [0.3, 0.4) is 0 Å². The van der Waals surface area contributed by atoms with Crippen molar-refractivity contribution in [3.63, 3.8) is 0 Å². The molecule has 84 valence electrons. The molecule has 0 bridgehead atoms. The van der Waals surface area contributed by atoms with Gasteiger partial charge in [-0.05, 0) is 25.1 Å². The smallest absolute Gasteiger partial charge is 0.252 e. The predicted molar refractivity (Wildman–Crippen MR) is 58.4 cm³/mol. The van der Waals surface area contributed by atoms with Crippen LogP contribution < -0.4 is 5.32 Å². The van der Waals surface area contributed by atoms with Gasteiger partial charge < -0.3 is 10.4 Å². The van der Waals surface area contributed by atoms with E-state index in [4.69, 9.17) is 5.11 Å². The Bertz CT molecular complexity index is 446. The molecule has 0 heterocycles. The van der Waals surface area contributed by atoms with Gasteiger partial charge in [-0.3, -0.25) is 4.79 Å². The van der Waals surface area contributed by atoms with Gasteiger partial charge in [0.25, 0.3) is 5.91 Å². The number of rotatable bonds is 2. The van der Waals surface area contributed by atoms with Crippen LogP contribution in [0.1, 0.15) is 22.8 Å². The van der Waals surface area contributed by atoms with Crippen molar-refractivity contribution in [1.82, 2.24) is 5.32 Å². The summed E-state index contributed by atoms with van der Waals surface area (Å²) in [7, 11) is 0. The molecule has 3 nitrogen and oxygen atoms in total. The van der Waals surface area contributed by atoms with Crippen LogP contribution in [0.5, 0.6) is 0 Å². The number of hydrogen-bond acceptors (Lipinski definition) is 2. The van der Waals surface area contributed by atoms with Crippen LogP contribution in [-0.4, -0.2) is 24.2 Å². The van der Waals surface area contributed by atoms with Crippen molar-refractivity contribution in [2.24, 2.45) is 0 Å². The van der Waals surface area contributed by atoms with Crippen molar-refractivity contribution < 1.29 is 14.3 Å². The van der Waals surface area contributed by atoms with Gasteiger partial charge in [0.1, 0.15) is 12.4 Å². The maximum Gasteiger partial charge on any atom is 0.252 e. The maximum absolute atomic E-state index is 13.0. The van der Waals surface area contributed by atoms with Gasteiger partial charge in [-0.1, -0.05) is 11.8 Å². The molecule has 0 aliphatic heterocycles. The first-order valence-electron chi connectivity index (χ1n) is 4.86. The van der Waals surface area contributed by atoms with Gasteiger partial charge >= 0.3 is 0 Å². The Morgan fingerprint density at radius 2 is 2.31 bits per heavy atom. The number of halogens is 1. The molecule has 0 aromatic heterocycles. The lowest BCUT2D eigenvalue weighted by Crippen LogP contribution is -2.23. The molecule has 1 aromatic rings. The normalized spacial score (nSPS) is 9.19. The quantitative estimate of drug-likeness (QED) is 0.729. The second-order valence-corrected chi connectivity index (χ2v) is 3.01.